The highest BCUT2D eigenvalue weighted by atomic mass is 16.5. The molecule has 0 saturated carbocycles. The van der Waals surface area contributed by atoms with Crippen LogP contribution in [0.15, 0.2) is 83.9 Å². The van der Waals surface area contributed by atoms with Crippen LogP contribution in [0.2, 0.25) is 0 Å². The van der Waals surface area contributed by atoms with E-state index in [1.165, 1.54) is 16.7 Å². The molecule has 0 spiro atoms. The molecule has 4 rings (SSSR count). The second kappa shape index (κ2) is 7.46. The fourth-order valence-corrected chi connectivity index (χ4v) is 3.41. The van der Waals surface area contributed by atoms with Gasteiger partial charge in [-0.25, -0.2) is 0 Å². The first kappa shape index (κ1) is 17.0. The number of fused-ring (bicyclic) bond motifs is 1. The zero-order valence-corrected chi connectivity index (χ0v) is 15.1. The van der Waals surface area contributed by atoms with Crippen molar-refractivity contribution in [3.8, 4) is 5.75 Å². The second-order valence-electron chi connectivity index (χ2n) is 6.56. The summed E-state index contributed by atoms with van der Waals surface area (Å²) in [6.45, 7) is 0. The van der Waals surface area contributed by atoms with Gasteiger partial charge in [0.05, 0.1) is 7.11 Å². The van der Waals surface area contributed by atoms with Gasteiger partial charge in [-0.05, 0) is 64.9 Å². The van der Waals surface area contributed by atoms with E-state index in [1.54, 1.807) is 19.4 Å². The molecule has 4 heteroatoms. The minimum absolute atomic E-state index is 0.0858. The number of methoxy groups -OCH3 is 1. The number of hydrogen-bond acceptors (Lipinski definition) is 3. The fraction of sp³-hybridized carbons (Fsp3) is 0.130. The van der Waals surface area contributed by atoms with Crippen LogP contribution in [-0.4, -0.2) is 17.1 Å². The highest BCUT2D eigenvalue weighted by molar-refractivity contribution is 5.79. The first-order valence-electron chi connectivity index (χ1n) is 8.89. The number of H-pyrrole nitrogens is 1. The third-order valence-corrected chi connectivity index (χ3v) is 4.83. The molecule has 0 aliphatic carbocycles. The number of ether oxygens (including phenoxy) is 1. The van der Waals surface area contributed by atoms with E-state index >= 15 is 0 Å². The van der Waals surface area contributed by atoms with Crippen LogP contribution in [0.25, 0.3) is 10.9 Å². The third-order valence-electron chi connectivity index (χ3n) is 4.83. The summed E-state index contributed by atoms with van der Waals surface area (Å²) in [4.78, 5) is 18.7. The fourth-order valence-electron chi connectivity index (χ4n) is 3.41. The lowest BCUT2D eigenvalue weighted by molar-refractivity contribution is 0.414. The Hall–Kier alpha value is -3.40. The van der Waals surface area contributed by atoms with Crippen molar-refractivity contribution in [1.82, 2.24) is 9.97 Å². The van der Waals surface area contributed by atoms with E-state index in [1.807, 2.05) is 36.5 Å². The first-order chi connectivity index (χ1) is 13.2. The number of pyridine rings is 2. The smallest absolute Gasteiger partial charge is 0.248 e. The maximum Gasteiger partial charge on any atom is 0.248 e. The largest absolute Gasteiger partial charge is 0.497 e. The summed E-state index contributed by atoms with van der Waals surface area (Å²) in [5, 5.41) is 1.02. The Kier molecular flexibility index (Phi) is 4.71. The number of aromatic nitrogens is 2. The van der Waals surface area contributed by atoms with Gasteiger partial charge >= 0.3 is 0 Å². The van der Waals surface area contributed by atoms with E-state index in [-0.39, 0.29) is 11.5 Å². The number of hydrogen-bond donors (Lipinski definition) is 1. The van der Waals surface area contributed by atoms with Crippen molar-refractivity contribution in [2.24, 2.45) is 0 Å². The zero-order chi connectivity index (χ0) is 18.6. The van der Waals surface area contributed by atoms with Gasteiger partial charge in [-0.15, -0.1) is 0 Å². The summed E-state index contributed by atoms with van der Waals surface area (Å²) in [7, 11) is 1.67. The van der Waals surface area contributed by atoms with Crippen LogP contribution < -0.4 is 10.3 Å². The Morgan fingerprint density at radius 3 is 2.56 bits per heavy atom. The molecule has 0 saturated heterocycles. The van der Waals surface area contributed by atoms with Crippen LogP contribution >= 0.6 is 0 Å². The Morgan fingerprint density at radius 2 is 1.81 bits per heavy atom. The van der Waals surface area contributed by atoms with Crippen molar-refractivity contribution in [3.63, 3.8) is 0 Å². The summed E-state index contributed by atoms with van der Waals surface area (Å²) in [5.41, 5.74) is 4.35. The maximum absolute atomic E-state index is 11.6. The van der Waals surface area contributed by atoms with E-state index in [0.717, 1.165) is 23.1 Å². The van der Waals surface area contributed by atoms with Gasteiger partial charge in [-0.3, -0.25) is 9.78 Å². The lowest BCUT2D eigenvalue weighted by Gasteiger charge is -2.19. The zero-order valence-electron chi connectivity index (χ0n) is 15.1. The molecule has 2 aromatic carbocycles. The number of nitrogens with zero attached hydrogens (tertiary/aromatic N) is 1. The molecule has 1 N–H and O–H groups in total. The molecule has 2 aromatic heterocycles. The molecule has 134 valence electrons. The Bertz CT molecular complexity index is 1100. The quantitative estimate of drug-likeness (QED) is 0.580. The van der Waals surface area contributed by atoms with Crippen LogP contribution in [0.1, 0.15) is 22.6 Å². The second-order valence-corrected chi connectivity index (χ2v) is 6.56. The van der Waals surface area contributed by atoms with Crippen LogP contribution in [0.5, 0.6) is 5.75 Å². The lowest BCUT2D eigenvalue weighted by Crippen LogP contribution is -2.07. The molecule has 27 heavy (non-hydrogen) atoms. The van der Waals surface area contributed by atoms with Gasteiger partial charge in [0.2, 0.25) is 5.56 Å². The topological polar surface area (TPSA) is 55.0 Å². The average Bonchev–Trinajstić information content (AvgIpc) is 2.72. The lowest BCUT2D eigenvalue weighted by atomic mass is 9.86. The highest BCUT2D eigenvalue weighted by Gasteiger charge is 2.16. The van der Waals surface area contributed by atoms with Gasteiger partial charge in [0.1, 0.15) is 5.75 Å². The number of rotatable bonds is 5. The summed E-state index contributed by atoms with van der Waals surface area (Å²) < 4.78 is 5.30. The van der Waals surface area contributed by atoms with Crippen LogP contribution in [0.3, 0.4) is 0 Å². The minimum Gasteiger partial charge on any atom is -0.497 e. The van der Waals surface area contributed by atoms with Crippen molar-refractivity contribution < 1.29 is 4.74 Å². The molecular formula is C23H20N2O2. The van der Waals surface area contributed by atoms with E-state index in [0.29, 0.717) is 0 Å². The normalized spacial score (nSPS) is 12.0. The number of benzene rings is 2. The summed E-state index contributed by atoms with van der Waals surface area (Å²) >= 11 is 0. The van der Waals surface area contributed by atoms with E-state index in [9.17, 15) is 4.79 Å². The monoisotopic (exact) mass is 356 g/mol. The molecule has 0 bridgehead atoms. The molecule has 4 nitrogen and oxygen atoms in total. The molecule has 0 aliphatic heterocycles. The molecule has 0 radical (unpaired) electrons. The van der Waals surface area contributed by atoms with Gasteiger partial charge in [-0.1, -0.05) is 24.3 Å². The molecule has 0 amide bonds. The van der Waals surface area contributed by atoms with E-state index in [4.69, 9.17) is 4.74 Å². The van der Waals surface area contributed by atoms with Crippen molar-refractivity contribution >= 4 is 10.9 Å². The van der Waals surface area contributed by atoms with Crippen molar-refractivity contribution in [3.05, 3.63) is 106 Å². The number of aromatic amines is 1. The summed E-state index contributed by atoms with van der Waals surface area (Å²) in [6.07, 6.45) is 4.54. The minimum atomic E-state index is -0.0858. The molecule has 2 heterocycles. The van der Waals surface area contributed by atoms with Crippen molar-refractivity contribution in [2.75, 3.05) is 7.11 Å². The average molecular weight is 356 g/mol. The summed E-state index contributed by atoms with van der Waals surface area (Å²) in [6, 6.07) is 21.9. The van der Waals surface area contributed by atoms with Crippen molar-refractivity contribution in [2.45, 2.75) is 12.3 Å². The predicted octanol–water partition coefficient (Wildman–Crippen LogP) is 4.31. The molecular weight excluding hydrogens is 336 g/mol. The maximum atomic E-state index is 11.6. The van der Waals surface area contributed by atoms with Crippen LogP contribution in [0.4, 0.5) is 0 Å². The molecule has 1 unspecified atom stereocenters. The van der Waals surface area contributed by atoms with Gasteiger partial charge in [-0.2, -0.15) is 0 Å². The standard InChI is InChI=1S/C23H20N2O2/c1-27-20-8-4-17(5-9-20)21(13-16-3-2-12-24-15-16)18-6-10-22-19(14-18)7-11-23(26)25-22/h2-12,14-15,21H,13H2,1H3,(H,25,26). The van der Waals surface area contributed by atoms with Gasteiger partial charge in [0.15, 0.2) is 0 Å². The first-order valence-corrected chi connectivity index (χ1v) is 8.89. The van der Waals surface area contributed by atoms with Crippen LogP contribution in [-0.2, 0) is 6.42 Å². The highest BCUT2D eigenvalue weighted by Crippen LogP contribution is 2.31. The number of nitrogens with one attached hydrogen (secondary N) is 1. The molecule has 0 fully saturated rings. The Balaban J connectivity index is 1.78. The predicted molar refractivity (Wildman–Crippen MR) is 107 cm³/mol. The van der Waals surface area contributed by atoms with Crippen molar-refractivity contribution in [1.29, 1.82) is 0 Å². The summed E-state index contributed by atoms with van der Waals surface area (Å²) in [5.74, 6) is 1.02. The van der Waals surface area contributed by atoms with Gasteiger partial charge in [0, 0.05) is 29.9 Å². The molecule has 4 aromatic rings. The van der Waals surface area contributed by atoms with Gasteiger partial charge < -0.3 is 9.72 Å². The Labute approximate surface area is 157 Å². The Morgan fingerprint density at radius 1 is 1.00 bits per heavy atom. The van der Waals surface area contributed by atoms with E-state index < -0.39 is 0 Å². The molecule has 1 atom stereocenters. The molecule has 0 aliphatic rings. The SMILES string of the molecule is COc1ccc(C(Cc2cccnc2)c2ccc3[nH]c(=O)ccc3c2)cc1. The van der Waals surface area contributed by atoms with Crippen LogP contribution in [0, 0.1) is 0 Å². The third kappa shape index (κ3) is 3.75. The van der Waals surface area contributed by atoms with E-state index in [2.05, 4.69) is 40.3 Å². The van der Waals surface area contributed by atoms with Gasteiger partial charge in [0.25, 0.3) is 0 Å².